The monoisotopic (exact) mass is 264 g/mol. The van der Waals surface area contributed by atoms with Crippen molar-refractivity contribution in [3.63, 3.8) is 0 Å². The molecule has 2 rings (SSSR count). The third kappa shape index (κ3) is 3.61. The first-order chi connectivity index (χ1) is 9.22. The molecule has 1 fully saturated rings. The highest BCUT2D eigenvalue weighted by Gasteiger charge is 2.29. The van der Waals surface area contributed by atoms with Crippen LogP contribution in [0.3, 0.4) is 0 Å². The molecule has 1 aromatic rings. The standard InChI is InChI=1S/C15H24N2O2/c1-12-7-9-17(14(12)11-18)8-4-10-19-15-6-3-2-5-13(15)16/h2-3,5-6,12,14,18H,4,7-11,16H2,1H3. The number of rotatable bonds is 6. The number of anilines is 1. The zero-order valence-electron chi connectivity index (χ0n) is 11.6. The van der Waals surface area contributed by atoms with Crippen LogP contribution in [0.15, 0.2) is 24.3 Å². The van der Waals surface area contributed by atoms with Crippen molar-refractivity contribution in [2.45, 2.75) is 25.8 Å². The second kappa shape index (κ2) is 6.78. The van der Waals surface area contributed by atoms with Crippen molar-refractivity contribution in [2.24, 2.45) is 5.92 Å². The first kappa shape index (κ1) is 14.2. The Morgan fingerprint density at radius 2 is 2.21 bits per heavy atom. The van der Waals surface area contributed by atoms with E-state index >= 15 is 0 Å². The van der Waals surface area contributed by atoms with Gasteiger partial charge in [0.25, 0.3) is 0 Å². The van der Waals surface area contributed by atoms with E-state index in [1.165, 1.54) is 6.42 Å². The van der Waals surface area contributed by atoms with E-state index in [1.54, 1.807) is 0 Å². The number of para-hydroxylation sites is 2. The van der Waals surface area contributed by atoms with Crippen LogP contribution in [0.4, 0.5) is 5.69 Å². The Balaban J connectivity index is 1.71. The van der Waals surface area contributed by atoms with Crippen LogP contribution >= 0.6 is 0 Å². The van der Waals surface area contributed by atoms with Crippen LogP contribution in [-0.2, 0) is 0 Å². The lowest BCUT2D eigenvalue weighted by Gasteiger charge is -2.24. The minimum Gasteiger partial charge on any atom is -0.491 e. The Morgan fingerprint density at radius 3 is 2.95 bits per heavy atom. The number of hydrogen-bond acceptors (Lipinski definition) is 4. The summed E-state index contributed by atoms with van der Waals surface area (Å²) < 4.78 is 5.68. The predicted molar refractivity (Wildman–Crippen MR) is 77.2 cm³/mol. The SMILES string of the molecule is CC1CCN(CCCOc2ccccc2N)C1CO. The number of ether oxygens (including phenoxy) is 1. The maximum atomic E-state index is 9.39. The van der Waals surface area contributed by atoms with E-state index in [1.807, 2.05) is 24.3 Å². The quantitative estimate of drug-likeness (QED) is 0.607. The molecule has 4 heteroatoms. The summed E-state index contributed by atoms with van der Waals surface area (Å²) >= 11 is 0. The molecular weight excluding hydrogens is 240 g/mol. The van der Waals surface area contributed by atoms with E-state index in [9.17, 15) is 5.11 Å². The Hall–Kier alpha value is -1.26. The van der Waals surface area contributed by atoms with Gasteiger partial charge in [-0.05, 0) is 37.4 Å². The summed E-state index contributed by atoms with van der Waals surface area (Å²) in [7, 11) is 0. The van der Waals surface area contributed by atoms with Crippen molar-refractivity contribution in [3.8, 4) is 5.75 Å². The molecule has 0 aliphatic carbocycles. The molecule has 2 unspecified atom stereocenters. The molecule has 3 N–H and O–H groups in total. The van der Waals surface area contributed by atoms with Gasteiger partial charge in [-0.2, -0.15) is 0 Å². The molecule has 1 saturated heterocycles. The Morgan fingerprint density at radius 1 is 1.42 bits per heavy atom. The lowest BCUT2D eigenvalue weighted by Crippen LogP contribution is -2.36. The van der Waals surface area contributed by atoms with Crippen molar-refractivity contribution in [3.05, 3.63) is 24.3 Å². The van der Waals surface area contributed by atoms with Crippen molar-refractivity contribution < 1.29 is 9.84 Å². The third-order valence-electron chi connectivity index (χ3n) is 3.95. The number of nitrogens with two attached hydrogens (primary N) is 1. The summed E-state index contributed by atoms with van der Waals surface area (Å²) in [5, 5.41) is 9.39. The Bertz CT molecular complexity index is 397. The molecule has 1 aliphatic heterocycles. The Labute approximate surface area is 115 Å². The van der Waals surface area contributed by atoms with Gasteiger partial charge in [-0.3, -0.25) is 4.90 Å². The van der Waals surface area contributed by atoms with Crippen molar-refractivity contribution >= 4 is 5.69 Å². The van der Waals surface area contributed by atoms with Gasteiger partial charge in [-0.1, -0.05) is 19.1 Å². The average Bonchev–Trinajstić information content (AvgIpc) is 2.77. The molecule has 106 valence electrons. The fourth-order valence-corrected chi connectivity index (χ4v) is 2.72. The summed E-state index contributed by atoms with van der Waals surface area (Å²) in [5.74, 6) is 1.35. The third-order valence-corrected chi connectivity index (χ3v) is 3.95. The van der Waals surface area contributed by atoms with Crippen LogP contribution in [0.25, 0.3) is 0 Å². The van der Waals surface area contributed by atoms with E-state index < -0.39 is 0 Å². The highest BCUT2D eigenvalue weighted by atomic mass is 16.5. The van der Waals surface area contributed by atoms with Gasteiger partial charge < -0.3 is 15.6 Å². The van der Waals surface area contributed by atoms with Gasteiger partial charge in [-0.15, -0.1) is 0 Å². The molecule has 0 aromatic heterocycles. The molecule has 0 amide bonds. The van der Waals surface area contributed by atoms with Gasteiger partial charge in [-0.25, -0.2) is 0 Å². The highest BCUT2D eigenvalue weighted by molar-refractivity contribution is 5.51. The summed E-state index contributed by atoms with van der Waals surface area (Å²) in [4.78, 5) is 2.36. The zero-order valence-corrected chi connectivity index (χ0v) is 11.6. The van der Waals surface area contributed by atoms with Crippen LogP contribution in [0.5, 0.6) is 5.75 Å². The zero-order chi connectivity index (χ0) is 13.7. The van der Waals surface area contributed by atoms with Crippen molar-refractivity contribution in [1.29, 1.82) is 0 Å². The lowest BCUT2D eigenvalue weighted by atomic mass is 10.0. The molecule has 19 heavy (non-hydrogen) atoms. The topological polar surface area (TPSA) is 58.7 Å². The summed E-state index contributed by atoms with van der Waals surface area (Å²) in [6.45, 7) is 5.19. The van der Waals surface area contributed by atoms with Gasteiger partial charge in [0.15, 0.2) is 0 Å². The first-order valence-corrected chi connectivity index (χ1v) is 7.04. The highest BCUT2D eigenvalue weighted by Crippen LogP contribution is 2.24. The molecule has 0 bridgehead atoms. The second-order valence-electron chi connectivity index (χ2n) is 5.29. The van der Waals surface area contributed by atoms with E-state index in [2.05, 4.69) is 11.8 Å². The molecule has 2 atom stereocenters. The summed E-state index contributed by atoms with van der Waals surface area (Å²) in [6, 6.07) is 7.89. The van der Waals surface area contributed by atoms with Gasteiger partial charge in [0, 0.05) is 12.6 Å². The number of hydrogen-bond donors (Lipinski definition) is 2. The molecule has 1 aromatic carbocycles. The van der Waals surface area contributed by atoms with E-state index in [0.717, 1.165) is 25.3 Å². The fourth-order valence-electron chi connectivity index (χ4n) is 2.72. The maximum Gasteiger partial charge on any atom is 0.142 e. The number of nitrogens with zero attached hydrogens (tertiary/aromatic N) is 1. The first-order valence-electron chi connectivity index (χ1n) is 7.04. The molecule has 0 spiro atoms. The predicted octanol–water partition coefficient (Wildman–Crippen LogP) is 1.74. The van der Waals surface area contributed by atoms with E-state index in [-0.39, 0.29) is 6.61 Å². The minimum atomic E-state index is 0.258. The smallest absolute Gasteiger partial charge is 0.142 e. The number of benzene rings is 1. The van der Waals surface area contributed by atoms with Crippen LogP contribution in [0, 0.1) is 5.92 Å². The second-order valence-corrected chi connectivity index (χ2v) is 5.29. The molecule has 1 aliphatic rings. The minimum absolute atomic E-state index is 0.258. The van der Waals surface area contributed by atoms with Gasteiger partial charge in [0.05, 0.1) is 18.9 Å². The summed E-state index contributed by atoms with van der Waals surface area (Å²) in [6.07, 6.45) is 2.13. The van der Waals surface area contributed by atoms with Crippen LogP contribution in [0.1, 0.15) is 19.8 Å². The van der Waals surface area contributed by atoms with Crippen LogP contribution in [0.2, 0.25) is 0 Å². The van der Waals surface area contributed by atoms with Crippen LogP contribution in [-0.4, -0.2) is 42.4 Å². The lowest BCUT2D eigenvalue weighted by molar-refractivity contribution is 0.133. The molecule has 0 radical (unpaired) electrons. The van der Waals surface area contributed by atoms with Crippen molar-refractivity contribution in [1.82, 2.24) is 4.90 Å². The molecule has 0 saturated carbocycles. The molecule has 4 nitrogen and oxygen atoms in total. The molecule has 1 heterocycles. The number of likely N-dealkylation sites (tertiary alicyclic amines) is 1. The number of aliphatic hydroxyl groups is 1. The van der Waals surface area contributed by atoms with Crippen LogP contribution < -0.4 is 10.5 Å². The van der Waals surface area contributed by atoms with Gasteiger partial charge in [0.1, 0.15) is 5.75 Å². The largest absolute Gasteiger partial charge is 0.491 e. The van der Waals surface area contributed by atoms with Gasteiger partial charge in [0.2, 0.25) is 0 Å². The van der Waals surface area contributed by atoms with E-state index in [4.69, 9.17) is 10.5 Å². The van der Waals surface area contributed by atoms with Gasteiger partial charge >= 0.3 is 0 Å². The fraction of sp³-hybridized carbons (Fsp3) is 0.600. The number of aliphatic hydroxyl groups excluding tert-OH is 1. The molecular formula is C15H24N2O2. The average molecular weight is 264 g/mol. The van der Waals surface area contributed by atoms with Crippen molar-refractivity contribution in [2.75, 3.05) is 32.0 Å². The number of nitrogen functional groups attached to an aromatic ring is 1. The normalized spacial score (nSPS) is 23.7. The Kier molecular flexibility index (Phi) is 5.05. The van der Waals surface area contributed by atoms with E-state index in [0.29, 0.717) is 24.3 Å². The summed E-state index contributed by atoms with van der Waals surface area (Å²) in [5.41, 5.74) is 6.50. The maximum absolute atomic E-state index is 9.39.